The largest absolute Gasteiger partial charge is 0.463 e. The molecule has 0 fully saturated rings. The van der Waals surface area contributed by atoms with E-state index in [4.69, 9.17) is 4.74 Å². The monoisotopic (exact) mass is 477 g/mol. The highest BCUT2D eigenvalue weighted by Gasteiger charge is 2.11. The molecule has 2 aromatic carbocycles. The molecule has 7 nitrogen and oxygen atoms in total. The molecule has 8 heteroatoms. The number of benzene rings is 2. The SMILES string of the molecule is CCOC(=O)/C=C/c1ccc(NC(=O)CCc2c(C)nc(SCc3ccccc3)[nH]c2=O)cc1. The number of H-pyrrole nitrogens is 1. The van der Waals surface area contributed by atoms with Crippen molar-refractivity contribution >= 4 is 35.4 Å². The quantitative estimate of drug-likeness (QED) is 0.193. The van der Waals surface area contributed by atoms with Gasteiger partial charge in [0.15, 0.2) is 5.16 Å². The second-order valence-corrected chi connectivity index (χ2v) is 8.43. The summed E-state index contributed by atoms with van der Waals surface area (Å²) in [4.78, 5) is 43.6. The van der Waals surface area contributed by atoms with Crippen molar-refractivity contribution < 1.29 is 14.3 Å². The average molecular weight is 478 g/mol. The average Bonchev–Trinajstić information content (AvgIpc) is 2.82. The molecule has 0 saturated heterocycles. The molecule has 34 heavy (non-hydrogen) atoms. The number of hydrogen-bond acceptors (Lipinski definition) is 6. The van der Waals surface area contributed by atoms with Gasteiger partial charge in [-0.05, 0) is 49.6 Å². The van der Waals surface area contributed by atoms with E-state index in [1.165, 1.54) is 17.8 Å². The van der Waals surface area contributed by atoms with E-state index < -0.39 is 5.97 Å². The highest BCUT2D eigenvalue weighted by molar-refractivity contribution is 7.98. The number of anilines is 1. The fourth-order valence-corrected chi connectivity index (χ4v) is 4.03. The van der Waals surface area contributed by atoms with Gasteiger partial charge < -0.3 is 15.0 Å². The van der Waals surface area contributed by atoms with Crippen molar-refractivity contribution in [1.82, 2.24) is 9.97 Å². The van der Waals surface area contributed by atoms with Crippen molar-refractivity contribution in [3.63, 3.8) is 0 Å². The molecule has 0 aliphatic rings. The molecule has 0 radical (unpaired) electrons. The number of carbonyl (C=O) groups excluding carboxylic acids is 2. The van der Waals surface area contributed by atoms with Gasteiger partial charge in [-0.25, -0.2) is 9.78 Å². The summed E-state index contributed by atoms with van der Waals surface area (Å²) in [5.74, 6) is 0.112. The maximum atomic E-state index is 12.6. The lowest BCUT2D eigenvalue weighted by Crippen LogP contribution is -2.20. The van der Waals surface area contributed by atoms with Crippen LogP contribution in [0.4, 0.5) is 5.69 Å². The second-order valence-electron chi connectivity index (χ2n) is 7.46. The molecular formula is C26H27N3O4S. The predicted octanol–water partition coefficient (Wildman–Crippen LogP) is 4.52. The van der Waals surface area contributed by atoms with Crippen LogP contribution >= 0.6 is 11.8 Å². The van der Waals surface area contributed by atoms with Crippen molar-refractivity contribution in [2.75, 3.05) is 11.9 Å². The minimum atomic E-state index is -0.400. The summed E-state index contributed by atoms with van der Waals surface area (Å²) in [5.41, 5.74) is 3.52. The smallest absolute Gasteiger partial charge is 0.330 e. The number of carbonyl (C=O) groups is 2. The first-order chi connectivity index (χ1) is 16.4. The number of nitrogens with zero attached hydrogens (tertiary/aromatic N) is 1. The number of hydrogen-bond donors (Lipinski definition) is 2. The number of nitrogens with one attached hydrogen (secondary N) is 2. The molecule has 2 N–H and O–H groups in total. The van der Waals surface area contributed by atoms with Gasteiger partial charge >= 0.3 is 5.97 Å². The van der Waals surface area contributed by atoms with E-state index in [0.717, 1.165) is 11.1 Å². The number of aryl methyl sites for hydroxylation is 1. The van der Waals surface area contributed by atoms with E-state index in [1.54, 1.807) is 44.2 Å². The van der Waals surface area contributed by atoms with Crippen LogP contribution in [0.1, 0.15) is 35.7 Å². The summed E-state index contributed by atoms with van der Waals surface area (Å²) in [6, 6.07) is 17.0. The van der Waals surface area contributed by atoms with Crippen LogP contribution in [0.25, 0.3) is 6.08 Å². The highest BCUT2D eigenvalue weighted by atomic mass is 32.2. The lowest BCUT2D eigenvalue weighted by Gasteiger charge is -2.08. The van der Waals surface area contributed by atoms with E-state index in [1.807, 2.05) is 30.3 Å². The van der Waals surface area contributed by atoms with Crippen molar-refractivity contribution in [2.24, 2.45) is 0 Å². The van der Waals surface area contributed by atoms with Gasteiger partial charge in [0.05, 0.1) is 6.61 Å². The first kappa shape index (κ1) is 25.0. The lowest BCUT2D eigenvalue weighted by atomic mass is 10.1. The molecule has 0 bridgehead atoms. The summed E-state index contributed by atoms with van der Waals surface area (Å²) in [5, 5.41) is 3.39. The molecule has 0 unspecified atom stereocenters. The molecule has 0 saturated carbocycles. The fraction of sp³-hybridized carbons (Fsp3) is 0.231. The van der Waals surface area contributed by atoms with Gasteiger partial charge in [0.1, 0.15) is 0 Å². The molecular weight excluding hydrogens is 450 g/mol. The number of amides is 1. The summed E-state index contributed by atoms with van der Waals surface area (Å²) in [7, 11) is 0. The first-order valence-corrected chi connectivity index (χ1v) is 11.9. The Morgan fingerprint density at radius 2 is 1.85 bits per heavy atom. The zero-order valence-corrected chi connectivity index (χ0v) is 20.0. The van der Waals surface area contributed by atoms with Gasteiger partial charge in [0, 0.05) is 35.2 Å². The Balaban J connectivity index is 1.52. The second kappa shape index (κ2) is 12.6. The van der Waals surface area contributed by atoms with Crippen LogP contribution in [-0.4, -0.2) is 28.5 Å². The molecule has 1 aromatic heterocycles. The Hall–Kier alpha value is -3.65. The van der Waals surface area contributed by atoms with E-state index in [9.17, 15) is 14.4 Å². The van der Waals surface area contributed by atoms with Crippen LogP contribution in [0.5, 0.6) is 0 Å². The minimum absolute atomic E-state index is 0.159. The number of aromatic nitrogens is 2. The van der Waals surface area contributed by atoms with Gasteiger partial charge in [-0.3, -0.25) is 9.59 Å². The van der Waals surface area contributed by atoms with E-state index in [0.29, 0.717) is 40.9 Å². The van der Waals surface area contributed by atoms with Crippen LogP contribution in [0.15, 0.2) is 70.6 Å². The molecule has 3 rings (SSSR count). The summed E-state index contributed by atoms with van der Waals surface area (Å²) in [6.07, 6.45) is 3.46. The molecule has 0 atom stereocenters. The Morgan fingerprint density at radius 3 is 2.53 bits per heavy atom. The Kier molecular flexibility index (Phi) is 9.22. The van der Waals surface area contributed by atoms with Gasteiger partial charge in [0.2, 0.25) is 5.91 Å². The van der Waals surface area contributed by atoms with Gasteiger partial charge in [0.25, 0.3) is 5.56 Å². The Labute approximate surface area is 202 Å². The summed E-state index contributed by atoms with van der Waals surface area (Å²) in [6.45, 7) is 3.86. The van der Waals surface area contributed by atoms with Crippen molar-refractivity contribution in [2.45, 2.75) is 37.6 Å². The number of ether oxygens (including phenoxy) is 1. The normalized spacial score (nSPS) is 10.9. The topological polar surface area (TPSA) is 101 Å². The first-order valence-electron chi connectivity index (χ1n) is 11.0. The van der Waals surface area contributed by atoms with Crippen LogP contribution < -0.4 is 10.9 Å². The fourth-order valence-electron chi connectivity index (χ4n) is 3.17. The Morgan fingerprint density at radius 1 is 1.12 bits per heavy atom. The molecule has 1 heterocycles. The zero-order chi connectivity index (χ0) is 24.3. The van der Waals surface area contributed by atoms with Gasteiger partial charge in [-0.15, -0.1) is 0 Å². The highest BCUT2D eigenvalue weighted by Crippen LogP contribution is 2.19. The third-order valence-electron chi connectivity index (χ3n) is 4.91. The van der Waals surface area contributed by atoms with Gasteiger partial charge in [-0.2, -0.15) is 0 Å². The number of aromatic amines is 1. The zero-order valence-electron chi connectivity index (χ0n) is 19.2. The maximum Gasteiger partial charge on any atom is 0.330 e. The molecule has 176 valence electrons. The van der Waals surface area contributed by atoms with Crippen molar-refractivity contribution in [3.8, 4) is 0 Å². The van der Waals surface area contributed by atoms with Crippen LogP contribution in [0.2, 0.25) is 0 Å². The lowest BCUT2D eigenvalue weighted by molar-refractivity contribution is -0.137. The Bertz CT molecular complexity index is 1200. The number of rotatable bonds is 10. The summed E-state index contributed by atoms with van der Waals surface area (Å²) >= 11 is 1.47. The van der Waals surface area contributed by atoms with Crippen LogP contribution in [-0.2, 0) is 26.5 Å². The van der Waals surface area contributed by atoms with Crippen LogP contribution in [0, 0.1) is 6.92 Å². The molecule has 1 amide bonds. The summed E-state index contributed by atoms with van der Waals surface area (Å²) < 4.78 is 4.84. The molecule has 3 aromatic rings. The predicted molar refractivity (Wildman–Crippen MR) is 135 cm³/mol. The van der Waals surface area contributed by atoms with E-state index in [-0.39, 0.29) is 17.9 Å². The number of esters is 1. The van der Waals surface area contributed by atoms with E-state index >= 15 is 0 Å². The number of thioether (sulfide) groups is 1. The van der Waals surface area contributed by atoms with E-state index in [2.05, 4.69) is 15.3 Å². The molecule has 0 spiro atoms. The van der Waals surface area contributed by atoms with Crippen molar-refractivity contribution in [3.05, 3.63) is 93.4 Å². The third-order valence-corrected chi connectivity index (χ3v) is 5.86. The third kappa shape index (κ3) is 7.74. The standard InChI is InChI=1S/C26H27N3O4S/c1-3-33-24(31)16-11-19-9-12-21(13-10-19)28-23(30)15-14-22-18(2)27-26(29-25(22)32)34-17-20-7-5-4-6-8-20/h4-13,16H,3,14-15,17H2,1-2H3,(H,28,30)(H,27,29,32)/b16-11+. The van der Waals surface area contributed by atoms with Crippen LogP contribution in [0.3, 0.4) is 0 Å². The van der Waals surface area contributed by atoms with Crippen molar-refractivity contribution in [1.29, 1.82) is 0 Å². The maximum absolute atomic E-state index is 12.6. The molecule has 0 aliphatic carbocycles. The minimum Gasteiger partial charge on any atom is -0.463 e. The van der Waals surface area contributed by atoms with Gasteiger partial charge in [-0.1, -0.05) is 54.2 Å². The molecule has 0 aliphatic heterocycles.